The molecule has 1 aliphatic rings. The van der Waals surface area contributed by atoms with Crippen LogP contribution in [0.15, 0.2) is 42.5 Å². The molecule has 2 N–H and O–H groups in total. The molecule has 0 amide bonds. The Hall–Kier alpha value is -2.85. The molecule has 0 bridgehead atoms. The van der Waals surface area contributed by atoms with Crippen LogP contribution in [-0.4, -0.2) is 24.6 Å². The summed E-state index contributed by atoms with van der Waals surface area (Å²) >= 11 is 0.968. The fraction of sp³-hybridized carbons (Fsp3) is 0.150. The summed E-state index contributed by atoms with van der Waals surface area (Å²) in [6.07, 6.45) is 1.25. The van der Waals surface area contributed by atoms with Crippen LogP contribution in [0.1, 0.15) is 28.1 Å². The van der Waals surface area contributed by atoms with Crippen LogP contribution in [0, 0.1) is 17.5 Å². The van der Waals surface area contributed by atoms with Crippen molar-refractivity contribution in [2.24, 2.45) is 0 Å². The summed E-state index contributed by atoms with van der Waals surface area (Å²) in [5, 5.41) is 8.94. The summed E-state index contributed by atoms with van der Waals surface area (Å²) in [6, 6.07) is 9.92. The number of anilines is 1. The first-order valence-corrected chi connectivity index (χ1v) is 11.2. The Morgan fingerprint density at radius 1 is 1.07 bits per heavy atom. The normalized spacial score (nSPS) is 14.0. The zero-order valence-electron chi connectivity index (χ0n) is 15.2. The van der Waals surface area contributed by atoms with Crippen LogP contribution in [0.2, 0.25) is 0 Å². The molecule has 5 nitrogen and oxygen atoms in total. The topological polar surface area (TPSA) is 83.5 Å². The van der Waals surface area contributed by atoms with Gasteiger partial charge in [0.15, 0.2) is 17.4 Å². The lowest BCUT2D eigenvalue weighted by Gasteiger charge is -2.08. The van der Waals surface area contributed by atoms with Gasteiger partial charge in [-0.15, -0.1) is 11.3 Å². The lowest BCUT2D eigenvalue weighted by atomic mass is 10.1. The summed E-state index contributed by atoms with van der Waals surface area (Å²) in [7, 11) is -3.43. The van der Waals surface area contributed by atoms with Gasteiger partial charge in [0.2, 0.25) is 21.6 Å². The Bertz CT molecular complexity index is 1270. The number of hydrogen-bond donors (Lipinski definition) is 2. The van der Waals surface area contributed by atoms with Crippen molar-refractivity contribution in [1.82, 2.24) is 0 Å². The van der Waals surface area contributed by atoms with Crippen LogP contribution >= 0.6 is 11.3 Å². The van der Waals surface area contributed by atoms with E-state index in [1.54, 1.807) is 30.3 Å². The highest BCUT2D eigenvalue weighted by Gasteiger charge is 2.35. The number of phenols is 1. The highest BCUT2D eigenvalue weighted by Crippen LogP contribution is 2.34. The van der Waals surface area contributed by atoms with Crippen molar-refractivity contribution in [3.63, 3.8) is 0 Å². The second-order valence-electron chi connectivity index (χ2n) is 6.80. The molecule has 0 saturated heterocycles. The molecule has 1 saturated carbocycles. The number of aromatic hydroxyl groups is 1. The fourth-order valence-corrected chi connectivity index (χ4v) is 5.20. The van der Waals surface area contributed by atoms with Gasteiger partial charge in [0, 0.05) is 10.6 Å². The Morgan fingerprint density at radius 3 is 2.50 bits per heavy atom. The third-order valence-electron chi connectivity index (χ3n) is 4.58. The number of carbonyl (C=O) groups is 1. The lowest BCUT2D eigenvalue weighted by Crippen LogP contribution is -2.17. The van der Waals surface area contributed by atoms with E-state index >= 15 is 0 Å². The van der Waals surface area contributed by atoms with Crippen molar-refractivity contribution in [3.05, 3.63) is 70.4 Å². The number of ketones is 1. The summed E-state index contributed by atoms with van der Waals surface area (Å²) < 4.78 is 67.5. The van der Waals surface area contributed by atoms with E-state index in [-0.39, 0.29) is 10.1 Å². The van der Waals surface area contributed by atoms with Crippen molar-refractivity contribution in [3.8, 4) is 16.2 Å². The lowest BCUT2D eigenvalue weighted by molar-refractivity contribution is 0.103. The van der Waals surface area contributed by atoms with E-state index in [1.807, 2.05) is 0 Å². The van der Waals surface area contributed by atoms with Gasteiger partial charge in [-0.25, -0.2) is 17.2 Å². The number of halogens is 3. The van der Waals surface area contributed by atoms with Gasteiger partial charge in [-0.3, -0.25) is 9.52 Å². The number of phenolic OH excluding ortho intramolecular Hbond substituents is 1. The molecule has 3 aromatic rings. The number of nitrogens with one attached hydrogen (secondary N) is 1. The van der Waals surface area contributed by atoms with Crippen molar-refractivity contribution >= 4 is 32.8 Å². The van der Waals surface area contributed by atoms with Gasteiger partial charge in [-0.1, -0.05) is 12.1 Å². The third-order valence-corrected chi connectivity index (χ3v) is 7.58. The molecule has 1 aromatic heterocycles. The van der Waals surface area contributed by atoms with Gasteiger partial charge in [-0.05, 0) is 48.7 Å². The summed E-state index contributed by atoms with van der Waals surface area (Å²) in [4.78, 5) is 13.2. The first kappa shape index (κ1) is 20.4. The average Bonchev–Trinajstić information content (AvgIpc) is 3.47. The summed E-state index contributed by atoms with van der Waals surface area (Å²) in [5.41, 5.74) is 0.201. The van der Waals surface area contributed by atoms with Crippen LogP contribution < -0.4 is 4.72 Å². The number of carbonyl (C=O) groups excluding carboxylic acids is 1. The highest BCUT2D eigenvalue weighted by molar-refractivity contribution is 7.93. The molecule has 10 heteroatoms. The third kappa shape index (κ3) is 3.80. The largest absolute Gasteiger partial charge is 0.503 e. The molecule has 1 aliphatic carbocycles. The van der Waals surface area contributed by atoms with Crippen LogP contribution in [0.3, 0.4) is 0 Å². The van der Waals surface area contributed by atoms with Crippen molar-refractivity contribution < 1.29 is 31.5 Å². The second kappa shape index (κ2) is 7.44. The van der Waals surface area contributed by atoms with E-state index in [9.17, 15) is 31.5 Å². The molecule has 156 valence electrons. The van der Waals surface area contributed by atoms with E-state index in [0.29, 0.717) is 35.0 Å². The number of rotatable bonds is 6. The molecule has 0 aliphatic heterocycles. The smallest absolute Gasteiger partial charge is 0.235 e. The summed E-state index contributed by atoms with van der Waals surface area (Å²) in [6.45, 7) is 0. The molecule has 1 fully saturated rings. The quantitative estimate of drug-likeness (QED) is 0.420. The maximum Gasteiger partial charge on any atom is 0.235 e. The predicted molar refractivity (Wildman–Crippen MR) is 107 cm³/mol. The van der Waals surface area contributed by atoms with Gasteiger partial charge in [-0.2, -0.15) is 4.39 Å². The molecule has 0 radical (unpaired) electrons. The molecule has 30 heavy (non-hydrogen) atoms. The van der Waals surface area contributed by atoms with Crippen molar-refractivity contribution in [2.75, 3.05) is 4.72 Å². The summed E-state index contributed by atoms with van der Waals surface area (Å²) in [5.74, 6) is -7.30. The van der Waals surface area contributed by atoms with Crippen LogP contribution in [0.4, 0.5) is 18.9 Å². The molecule has 4 rings (SSSR count). The standard InChI is InChI=1S/C20H14F3NO4S2/c21-14-9-13(17(22)20(26)18(14)23)19(25)16-7-6-15(29-16)10-2-1-3-11(8-10)24-30(27,28)12-4-5-12/h1-3,6-9,12,24,26H,4-5H2. The fourth-order valence-electron chi connectivity index (χ4n) is 2.87. The minimum absolute atomic E-state index is 0.0401. The average molecular weight is 453 g/mol. The first-order chi connectivity index (χ1) is 14.2. The SMILES string of the molecule is O=C(c1ccc(-c2cccc(NS(=O)(=O)C3CC3)c2)s1)c1cc(F)c(F)c(O)c1F. The van der Waals surface area contributed by atoms with Gasteiger partial charge >= 0.3 is 0 Å². The minimum atomic E-state index is -3.43. The van der Waals surface area contributed by atoms with Crippen LogP contribution in [-0.2, 0) is 10.0 Å². The van der Waals surface area contributed by atoms with E-state index in [4.69, 9.17) is 0 Å². The van der Waals surface area contributed by atoms with E-state index < -0.39 is 44.6 Å². The monoisotopic (exact) mass is 453 g/mol. The van der Waals surface area contributed by atoms with Crippen LogP contribution in [0.5, 0.6) is 5.75 Å². The Balaban J connectivity index is 1.62. The second-order valence-corrected chi connectivity index (χ2v) is 9.85. The molecule has 0 spiro atoms. The first-order valence-electron chi connectivity index (χ1n) is 8.80. The van der Waals surface area contributed by atoms with Gasteiger partial charge in [0.1, 0.15) is 0 Å². The highest BCUT2D eigenvalue weighted by atomic mass is 32.2. The molecule has 0 atom stereocenters. The van der Waals surface area contributed by atoms with E-state index in [2.05, 4.69) is 4.72 Å². The van der Waals surface area contributed by atoms with Gasteiger partial charge < -0.3 is 5.11 Å². The van der Waals surface area contributed by atoms with E-state index in [0.717, 1.165) is 11.3 Å². The van der Waals surface area contributed by atoms with Gasteiger partial charge in [0.05, 0.1) is 15.7 Å². The maximum absolute atomic E-state index is 14.1. The van der Waals surface area contributed by atoms with Crippen molar-refractivity contribution in [1.29, 1.82) is 0 Å². The molecule has 1 heterocycles. The zero-order chi connectivity index (χ0) is 21.6. The van der Waals surface area contributed by atoms with Crippen molar-refractivity contribution in [2.45, 2.75) is 18.1 Å². The minimum Gasteiger partial charge on any atom is -0.503 e. The molecule has 0 unspecified atom stereocenters. The maximum atomic E-state index is 14.1. The molecular formula is C20H14F3NO4S2. The predicted octanol–water partition coefficient (Wildman–Crippen LogP) is 4.67. The molecular weight excluding hydrogens is 439 g/mol. The number of sulfonamides is 1. The Kier molecular flexibility index (Phi) is 5.07. The molecule has 2 aromatic carbocycles. The Labute approximate surface area is 173 Å². The Morgan fingerprint density at radius 2 is 1.80 bits per heavy atom. The zero-order valence-corrected chi connectivity index (χ0v) is 16.8. The number of hydrogen-bond acceptors (Lipinski definition) is 5. The van der Waals surface area contributed by atoms with Gasteiger partial charge in [0.25, 0.3) is 0 Å². The van der Waals surface area contributed by atoms with Crippen LogP contribution in [0.25, 0.3) is 10.4 Å². The van der Waals surface area contributed by atoms with E-state index in [1.165, 1.54) is 6.07 Å². The number of benzene rings is 2. The number of thiophene rings is 1.